The molecule has 0 bridgehead atoms. The number of non-ortho nitro benzene ring substituents is 1. The lowest BCUT2D eigenvalue weighted by atomic mass is 9.71. The zero-order valence-electron chi connectivity index (χ0n) is 20.2. The summed E-state index contributed by atoms with van der Waals surface area (Å²) in [6.45, 7) is 5.27. The Morgan fingerprint density at radius 1 is 1.14 bits per heavy atom. The summed E-state index contributed by atoms with van der Waals surface area (Å²) >= 11 is 0. The van der Waals surface area contributed by atoms with Crippen molar-refractivity contribution in [2.75, 3.05) is 7.11 Å². The van der Waals surface area contributed by atoms with Crippen LogP contribution in [0.15, 0.2) is 71.1 Å². The first-order valence-electron chi connectivity index (χ1n) is 11.5. The number of dihydropyridines is 1. The fourth-order valence-corrected chi connectivity index (χ4v) is 4.96. The molecule has 1 aliphatic carbocycles. The van der Waals surface area contributed by atoms with Gasteiger partial charge in [0.1, 0.15) is 5.75 Å². The van der Waals surface area contributed by atoms with Crippen molar-refractivity contribution in [2.24, 2.45) is 0 Å². The molecule has 0 radical (unpaired) electrons. The summed E-state index contributed by atoms with van der Waals surface area (Å²) in [6, 6.07) is 13.7. The van der Waals surface area contributed by atoms with Crippen molar-refractivity contribution in [2.45, 2.75) is 51.6 Å². The highest BCUT2D eigenvalue weighted by Gasteiger charge is 2.42. The van der Waals surface area contributed by atoms with Crippen LogP contribution in [-0.2, 0) is 14.3 Å². The number of para-hydroxylation sites is 1. The van der Waals surface area contributed by atoms with Gasteiger partial charge in [-0.05, 0) is 44.4 Å². The molecule has 0 aromatic heterocycles. The van der Waals surface area contributed by atoms with Crippen LogP contribution in [0.2, 0.25) is 0 Å². The monoisotopic (exact) mass is 476 g/mol. The fourth-order valence-electron chi connectivity index (χ4n) is 4.96. The number of methoxy groups -OCH3 is 1. The molecule has 1 N–H and O–H groups in total. The van der Waals surface area contributed by atoms with Crippen molar-refractivity contribution in [3.8, 4) is 5.75 Å². The molecule has 0 saturated heterocycles. The van der Waals surface area contributed by atoms with Gasteiger partial charge in [0.05, 0.1) is 23.7 Å². The number of nitro groups is 1. The molecule has 8 heteroatoms. The Hall–Kier alpha value is -3.94. The Labute approximate surface area is 203 Å². The molecule has 2 atom stereocenters. The molecule has 0 fully saturated rings. The number of carbonyl (C=O) groups is 2. The predicted octanol–water partition coefficient (Wildman–Crippen LogP) is 4.92. The number of nitro benzene ring substituents is 1. The van der Waals surface area contributed by atoms with E-state index < -0.39 is 16.8 Å². The normalized spacial score (nSPS) is 19.9. The molecule has 35 heavy (non-hydrogen) atoms. The van der Waals surface area contributed by atoms with Crippen LogP contribution < -0.4 is 10.1 Å². The molecule has 0 saturated carbocycles. The highest BCUT2D eigenvalue weighted by Crippen LogP contribution is 2.47. The molecule has 0 amide bonds. The minimum absolute atomic E-state index is 0.104. The van der Waals surface area contributed by atoms with E-state index in [1.54, 1.807) is 40.0 Å². The third-order valence-corrected chi connectivity index (χ3v) is 6.38. The van der Waals surface area contributed by atoms with Gasteiger partial charge in [-0.15, -0.1) is 0 Å². The SMILES string of the molecule is COc1ccccc1[C@H]1CC(=O)C2=C(C1)NC(C)=C(C(=O)OC(C)C)[C@H]2c1cccc([N+](=O)[O-])c1. The maximum atomic E-state index is 13.7. The first-order chi connectivity index (χ1) is 16.7. The number of hydrogen-bond donors (Lipinski definition) is 1. The lowest BCUT2D eigenvalue weighted by Crippen LogP contribution is -2.36. The summed E-state index contributed by atoms with van der Waals surface area (Å²) in [6.07, 6.45) is 0.412. The Bertz CT molecular complexity index is 1260. The Morgan fingerprint density at radius 2 is 1.89 bits per heavy atom. The third kappa shape index (κ3) is 4.69. The molecule has 0 spiro atoms. The lowest BCUT2D eigenvalue weighted by molar-refractivity contribution is -0.384. The van der Waals surface area contributed by atoms with Crippen LogP contribution in [0.4, 0.5) is 5.69 Å². The van der Waals surface area contributed by atoms with Gasteiger partial charge >= 0.3 is 5.97 Å². The molecule has 8 nitrogen and oxygen atoms in total. The summed E-state index contributed by atoms with van der Waals surface area (Å²) in [7, 11) is 1.60. The van der Waals surface area contributed by atoms with Gasteiger partial charge in [-0.1, -0.05) is 30.3 Å². The van der Waals surface area contributed by atoms with Gasteiger partial charge in [-0.25, -0.2) is 4.79 Å². The van der Waals surface area contributed by atoms with Crippen LogP contribution in [0.25, 0.3) is 0 Å². The Kier molecular flexibility index (Phi) is 6.73. The van der Waals surface area contributed by atoms with Gasteiger partial charge < -0.3 is 14.8 Å². The van der Waals surface area contributed by atoms with Crippen LogP contribution >= 0.6 is 0 Å². The van der Waals surface area contributed by atoms with Crippen LogP contribution in [0.1, 0.15) is 56.6 Å². The van der Waals surface area contributed by atoms with Gasteiger partial charge in [0.2, 0.25) is 0 Å². The summed E-state index contributed by atoms with van der Waals surface area (Å²) < 4.78 is 11.0. The number of esters is 1. The van der Waals surface area contributed by atoms with Crippen molar-refractivity contribution in [1.82, 2.24) is 5.32 Å². The zero-order chi connectivity index (χ0) is 25.3. The van der Waals surface area contributed by atoms with Crippen molar-refractivity contribution < 1.29 is 24.0 Å². The highest BCUT2D eigenvalue weighted by atomic mass is 16.6. The largest absolute Gasteiger partial charge is 0.496 e. The van der Waals surface area contributed by atoms with Crippen LogP contribution in [0.5, 0.6) is 5.75 Å². The van der Waals surface area contributed by atoms with Crippen LogP contribution in [0.3, 0.4) is 0 Å². The lowest BCUT2D eigenvalue weighted by Gasteiger charge is -2.37. The number of ketones is 1. The van der Waals surface area contributed by atoms with Crippen molar-refractivity contribution >= 4 is 17.4 Å². The maximum Gasteiger partial charge on any atom is 0.337 e. The number of nitrogens with one attached hydrogen (secondary N) is 1. The summed E-state index contributed by atoms with van der Waals surface area (Å²) in [5.41, 5.74) is 3.38. The third-order valence-electron chi connectivity index (χ3n) is 6.38. The number of Topliss-reactive ketones (excluding diaryl/α,β-unsaturated/α-hetero) is 1. The average molecular weight is 477 g/mol. The number of hydrogen-bond acceptors (Lipinski definition) is 7. The number of ether oxygens (including phenoxy) is 2. The second kappa shape index (κ2) is 9.74. The molecular weight excluding hydrogens is 448 g/mol. The van der Waals surface area contributed by atoms with E-state index in [0.717, 1.165) is 5.56 Å². The van der Waals surface area contributed by atoms with Gasteiger partial charge in [-0.3, -0.25) is 14.9 Å². The second-order valence-electron chi connectivity index (χ2n) is 9.07. The van der Waals surface area contributed by atoms with E-state index in [0.29, 0.717) is 40.3 Å². The van der Waals surface area contributed by atoms with Crippen molar-refractivity contribution in [1.29, 1.82) is 0 Å². The minimum atomic E-state index is -0.761. The molecule has 2 aromatic rings. The summed E-state index contributed by atoms with van der Waals surface area (Å²) in [5.74, 6) is -0.814. The predicted molar refractivity (Wildman–Crippen MR) is 130 cm³/mol. The van der Waals surface area contributed by atoms with E-state index in [4.69, 9.17) is 9.47 Å². The molecule has 4 rings (SSSR count). The van der Waals surface area contributed by atoms with Gasteiger partial charge in [-0.2, -0.15) is 0 Å². The molecular formula is C27H28N2O6. The van der Waals surface area contributed by atoms with E-state index in [-0.39, 0.29) is 29.9 Å². The summed E-state index contributed by atoms with van der Waals surface area (Å²) in [5, 5.41) is 14.8. The zero-order valence-corrected chi connectivity index (χ0v) is 20.2. The average Bonchev–Trinajstić information content (AvgIpc) is 2.82. The number of carbonyl (C=O) groups excluding carboxylic acids is 2. The Balaban J connectivity index is 1.83. The van der Waals surface area contributed by atoms with Crippen LogP contribution in [0, 0.1) is 10.1 Å². The van der Waals surface area contributed by atoms with Crippen molar-refractivity contribution in [3.05, 3.63) is 92.3 Å². The number of nitrogens with zero attached hydrogens (tertiary/aromatic N) is 1. The highest BCUT2D eigenvalue weighted by molar-refractivity contribution is 6.04. The molecule has 2 aliphatic rings. The van der Waals surface area contributed by atoms with Gasteiger partial charge in [0.25, 0.3) is 5.69 Å². The van der Waals surface area contributed by atoms with Gasteiger partial charge in [0, 0.05) is 47.4 Å². The Morgan fingerprint density at radius 3 is 2.57 bits per heavy atom. The summed E-state index contributed by atoms with van der Waals surface area (Å²) in [4.78, 5) is 37.8. The number of allylic oxidation sites excluding steroid dienone is 3. The van der Waals surface area contributed by atoms with Crippen molar-refractivity contribution in [3.63, 3.8) is 0 Å². The first kappa shape index (κ1) is 24.2. The van der Waals surface area contributed by atoms with Gasteiger partial charge in [0.15, 0.2) is 5.78 Å². The smallest absolute Gasteiger partial charge is 0.337 e. The number of benzene rings is 2. The van der Waals surface area contributed by atoms with E-state index in [1.807, 2.05) is 24.3 Å². The van der Waals surface area contributed by atoms with E-state index in [2.05, 4.69) is 5.32 Å². The van der Waals surface area contributed by atoms with E-state index >= 15 is 0 Å². The molecule has 1 aliphatic heterocycles. The number of rotatable bonds is 6. The van der Waals surface area contributed by atoms with E-state index in [1.165, 1.54) is 12.1 Å². The fraction of sp³-hybridized carbons (Fsp3) is 0.333. The molecule has 0 unspecified atom stereocenters. The topological polar surface area (TPSA) is 108 Å². The standard InChI is InChI=1S/C27H28N2O6/c1-15(2)35-27(31)24-16(3)28-21-13-18(20-10-5-6-11-23(20)34-4)14-22(30)26(21)25(24)17-8-7-9-19(12-17)29(32)33/h5-12,15,18,25,28H,13-14H2,1-4H3/t18-,25-/m1/s1. The van der Waals surface area contributed by atoms with Crippen LogP contribution in [-0.4, -0.2) is 29.9 Å². The molecule has 2 aromatic carbocycles. The minimum Gasteiger partial charge on any atom is -0.496 e. The molecule has 1 heterocycles. The van der Waals surface area contributed by atoms with E-state index in [9.17, 15) is 19.7 Å². The maximum absolute atomic E-state index is 13.7. The molecule has 182 valence electrons. The second-order valence-corrected chi connectivity index (χ2v) is 9.07. The quantitative estimate of drug-likeness (QED) is 0.358. The first-order valence-corrected chi connectivity index (χ1v) is 11.5.